The molecule has 0 radical (unpaired) electrons. The maximum Gasteiger partial charge on any atom is 0.323 e. The molecule has 1 N–H and O–H groups in total. The van der Waals surface area contributed by atoms with Crippen molar-refractivity contribution in [1.82, 2.24) is 5.32 Å². The van der Waals surface area contributed by atoms with E-state index in [0.717, 1.165) is 16.5 Å². The Bertz CT molecular complexity index is 674. The Balaban J connectivity index is 1.80. The lowest BCUT2D eigenvalue weighted by molar-refractivity contribution is -0.142. The number of carbonyl (C=O) groups is 1. The van der Waals surface area contributed by atoms with Gasteiger partial charge in [-0.15, -0.1) is 0 Å². The summed E-state index contributed by atoms with van der Waals surface area (Å²) in [4.78, 5) is 11.5. The van der Waals surface area contributed by atoms with Crippen molar-refractivity contribution in [3.8, 4) is 5.75 Å². The summed E-state index contributed by atoms with van der Waals surface area (Å²) in [7, 11) is 1.39. The number of nitrogens with one attached hydrogen (secondary N) is 1. The first-order chi connectivity index (χ1) is 10.2. The van der Waals surface area contributed by atoms with Gasteiger partial charge in [-0.1, -0.05) is 35.9 Å². The van der Waals surface area contributed by atoms with Crippen LogP contribution in [0.2, 0.25) is 5.02 Å². The number of benzene rings is 2. The van der Waals surface area contributed by atoms with E-state index in [4.69, 9.17) is 21.1 Å². The fourth-order valence-corrected chi connectivity index (χ4v) is 2.86. The average Bonchev–Trinajstić information content (AvgIpc) is 2.98. The predicted molar refractivity (Wildman–Crippen MR) is 81.8 cm³/mol. The number of fused-ring (bicyclic) bond motifs is 1. The molecule has 0 amide bonds. The van der Waals surface area contributed by atoms with Gasteiger partial charge in [0, 0.05) is 28.8 Å². The lowest BCUT2D eigenvalue weighted by atomic mass is 10.1. The minimum atomic E-state index is -0.293. The van der Waals surface area contributed by atoms with Crippen molar-refractivity contribution in [2.24, 2.45) is 0 Å². The number of rotatable bonds is 3. The van der Waals surface area contributed by atoms with Crippen molar-refractivity contribution in [2.75, 3.05) is 13.7 Å². The third kappa shape index (κ3) is 2.82. The van der Waals surface area contributed by atoms with Crippen LogP contribution in [0.1, 0.15) is 6.42 Å². The standard InChI is InChI=1S/C16H16ClNO3/c1-20-16(19)14-8-10(9-18-14)21-15-7-6-13(17)11-4-2-3-5-12(11)15/h2-7,10,14,18H,8-9H2,1H3/t10-,14-/m0/s1. The fourth-order valence-electron chi connectivity index (χ4n) is 2.63. The van der Waals surface area contributed by atoms with Crippen molar-refractivity contribution in [3.63, 3.8) is 0 Å². The Kier molecular flexibility index (Phi) is 3.99. The van der Waals surface area contributed by atoms with Gasteiger partial charge in [0.25, 0.3) is 0 Å². The summed E-state index contributed by atoms with van der Waals surface area (Å²) in [5.74, 6) is 0.536. The first-order valence-electron chi connectivity index (χ1n) is 6.84. The third-order valence-corrected chi connectivity index (χ3v) is 4.03. The normalized spacial score (nSPS) is 21.4. The molecule has 0 bridgehead atoms. The predicted octanol–water partition coefficient (Wildman–Crippen LogP) is 2.78. The summed E-state index contributed by atoms with van der Waals surface area (Å²) in [6, 6.07) is 11.3. The van der Waals surface area contributed by atoms with Gasteiger partial charge >= 0.3 is 5.97 Å². The van der Waals surface area contributed by atoms with Crippen molar-refractivity contribution in [3.05, 3.63) is 41.4 Å². The van der Waals surface area contributed by atoms with E-state index >= 15 is 0 Å². The highest BCUT2D eigenvalue weighted by molar-refractivity contribution is 6.35. The maximum atomic E-state index is 11.5. The number of halogens is 1. The molecule has 0 unspecified atom stereocenters. The lowest BCUT2D eigenvalue weighted by Gasteiger charge is -2.15. The van der Waals surface area contributed by atoms with E-state index in [-0.39, 0.29) is 18.1 Å². The van der Waals surface area contributed by atoms with Crippen LogP contribution >= 0.6 is 11.6 Å². The number of hydrogen-bond donors (Lipinski definition) is 1. The van der Waals surface area contributed by atoms with Crippen LogP contribution < -0.4 is 10.1 Å². The van der Waals surface area contributed by atoms with Crippen LogP contribution in [0.4, 0.5) is 0 Å². The quantitative estimate of drug-likeness (QED) is 0.886. The van der Waals surface area contributed by atoms with E-state index in [0.29, 0.717) is 18.0 Å². The molecule has 2 aromatic carbocycles. The van der Waals surface area contributed by atoms with Gasteiger partial charge in [0.1, 0.15) is 17.9 Å². The number of hydrogen-bond acceptors (Lipinski definition) is 4. The molecule has 4 nitrogen and oxygen atoms in total. The van der Waals surface area contributed by atoms with Crippen LogP contribution in [0, 0.1) is 0 Å². The van der Waals surface area contributed by atoms with Crippen molar-refractivity contribution in [1.29, 1.82) is 0 Å². The molecule has 21 heavy (non-hydrogen) atoms. The van der Waals surface area contributed by atoms with Crippen molar-refractivity contribution < 1.29 is 14.3 Å². The highest BCUT2D eigenvalue weighted by Gasteiger charge is 2.31. The molecule has 1 heterocycles. The summed E-state index contributed by atoms with van der Waals surface area (Å²) in [6.07, 6.45) is 0.544. The minimum Gasteiger partial charge on any atom is -0.488 e. The van der Waals surface area contributed by atoms with Crippen LogP contribution in [-0.4, -0.2) is 31.8 Å². The lowest BCUT2D eigenvalue weighted by Crippen LogP contribution is -2.31. The van der Waals surface area contributed by atoms with Gasteiger partial charge in [0.2, 0.25) is 0 Å². The van der Waals surface area contributed by atoms with E-state index in [2.05, 4.69) is 5.32 Å². The van der Waals surface area contributed by atoms with Gasteiger partial charge in [-0.25, -0.2) is 0 Å². The second kappa shape index (κ2) is 5.92. The van der Waals surface area contributed by atoms with Gasteiger partial charge in [-0.2, -0.15) is 0 Å². The molecule has 0 aliphatic carbocycles. The molecule has 2 atom stereocenters. The topological polar surface area (TPSA) is 47.6 Å². The second-order valence-corrected chi connectivity index (χ2v) is 5.46. The van der Waals surface area contributed by atoms with E-state index in [1.54, 1.807) is 0 Å². The Hall–Kier alpha value is -1.78. The largest absolute Gasteiger partial charge is 0.488 e. The fraction of sp³-hybridized carbons (Fsp3) is 0.312. The monoisotopic (exact) mass is 305 g/mol. The van der Waals surface area contributed by atoms with Gasteiger partial charge in [-0.3, -0.25) is 4.79 Å². The zero-order chi connectivity index (χ0) is 14.8. The number of methoxy groups -OCH3 is 1. The second-order valence-electron chi connectivity index (χ2n) is 5.05. The molecule has 110 valence electrons. The molecule has 3 rings (SSSR count). The SMILES string of the molecule is COC(=O)[C@@H]1C[C@H](Oc2ccc(Cl)c3ccccc23)CN1. The van der Waals surface area contributed by atoms with E-state index in [9.17, 15) is 4.79 Å². The van der Waals surface area contributed by atoms with Gasteiger partial charge in [0.15, 0.2) is 0 Å². The van der Waals surface area contributed by atoms with E-state index in [1.165, 1.54) is 7.11 Å². The molecular weight excluding hydrogens is 290 g/mol. The van der Waals surface area contributed by atoms with Gasteiger partial charge < -0.3 is 14.8 Å². The molecule has 0 saturated carbocycles. The zero-order valence-electron chi connectivity index (χ0n) is 11.6. The summed E-state index contributed by atoms with van der Waals surface area (Å²) < 4.78 is 10.8. The minimum absolute atomic E-state index is 0.0568. The number of esters is 1. The Morgan fingerprint density at radius 2 is 2.00 bits per heavy atom. The zero-order valence-corrected chi connectivity index (χ0v) is 12.4. The first-order valence-corrected chi connectivity index (χ1v) is 7.22. The summed E-state index contributed by atoms with van der Waals surface area (Å²) in [5, 5.41) is 5.76. The van der Waals surface area contributed by atoms with Crippen LogP contribution in [-0.2, 0) is 9.53 Å². The Morgan fingerprint density at radius 1 is 1.24 bits per heavy atom. The molecule has 1 saturated heterocycles. The smallest absolute Gasteiger partial charge is 0.323 e. The van der Waals surface area contributed by atoms with Crippen molar-refractivity contribution >= 4 is 28.3 Å². The Labute approximate surface area is 128 Å². The average molecular weight is 306 g/mol. The van der Waals surface area contributed by atoms with Crippen LogP contribution in [0.5, 0.6) is 5.75 Å². The van der Waals surface area contributed by atoms with Gasteiger partial charge in [-0.05, 0) is 12.1 Å². The Morgan fingerprint density at radius 3 is 2.76 bits per heavy atom. The highest BCUT2D eigenvalue weighted by Crippen LogP contribution is 2.32. The molecule has 1 fully saturated rings. The van der Waals surface area contributed by atoms with Crippen LogP contribution in [0.25, 0.3) is 10.8 Å². The number of ether oxygens (including phenoxy) is 2. The molecule has 1 aliphatic heterocycles. The summed E-state index contributed by atoms with van der Waals surface area (Å²) >= 11 is 6.20. The van der Waals surface area contributed by atoms with Crippen LogP contribution in [0.15, 0.2) is 36.4 Å². The molecule has 1 aliphatic rings. The molecular formula is C16H16ClNO3. The summed E-state index contributed by atoms with van der Waals surface area (Å²) in [5.41, 5.74) is 0. The van der Waals surface area contributed by atoms with Gasteiger partial charge in [0.05, 0.1) is 7.11 Å². The summed E-state index contributed by atoms with van der Waals surface area (Å²) in [6.45, 7) is 0.622. The van der Waals surface area contributed by atoms with Crippen LogP contribution in [0.3, 0.4) is 0 Å². The third-order valence-electron chi connectivity index (χ3n) is 3.70. The maximum absolute atomic E-state index is 11.5. The molecule has 0 spiro atoms. The van der Waals surface area contributed by atoms with Crippen molar-refractivity contribution in [2.45, 2.75) is 18.6 Å². The van der Waals surface area contributed by atoms with E-state index < -0.39 is 0 Å². The highest BCUT2D eigenvalue weighted by atomic mass is 35.5. The molecule has 5 heteroatoms. The first kappa shape index (κ1) is 14.2. The number of carbonyl (C=O) groups excluding carboxylic acids is 1. The molecule has 0 aromatic heterocycles. The molecule has 2 aromatic rings. The van der Waals surface area contributed by atoms with E-state index in [1.807, 2.05) is 36.4 Å².